The largest absolute Gasteiger partial charge is 0.481 e. The average Bonchev–Trinajstić information content (AvgIpc) is 2.46. The number of aliphatic carboxylic acids is 2. The molecule has 0 heterocycles. The molecule has 4 nitrogen and oxygen atoms in total. The molecule has 2 unspecified atom stereocenters. The lowest BCUT2D eigenvalue weighted by atomic mass is 9.81. The van der Waals surface area contributed by atoms with E-state index in [0.717, 1.165) is 8.95 Å². The third-order valence-corrected chi connectivity index (χ3v) is 4.38. The first kappa shape index (κ1) is 16.7. The molecule has 0 aliphatic heterocycles. The van der Waals surface area contributed by atoms with Gasteiger partial charge in [-0.05, 0) is 35.4 Å². The van der Waals surface area contributed by atoms with Gasteiger partial charge in [-0.1, -0.05) is 56.1 Å². The molecule has 6 heteroatoms. The molecule has 0 saturated heterocycles. The Bertz CT molecular complexity index is 619. The zero-order valence-electron chi connectivity index (χ0n) is 11.2. The maximum absolute atomic E-state index is 11.7. The molecule has 0 aliphatic carbocycles. The van der Waals surface area contributed by atoms with Gasteiger partial charge in [-0.3, -0.25) is 9.59 Å². The highest BCUT2D eigenvalue weighted by atomic mass is 79.9. The van der Waals surface area contributed by atoms with Crippen LogP contribution in [0.2, 0.25) is 0 Å². The highest BCUT2D eigenvalue weighted by molar-refractivity contribution is 9.10. The van der Waals surface area contributed by atoms with E-state index >= 15 is 0 Å². The number of hydrogen-bond donors (Lipinski definition) is 2. The molecule has 2 rings (SSSR count). The van der Waals surface area contributed by atoms with E-state index in [1.54, 1.807) is 48.5 Å². The van der Waals surface area contributed by atoms with Crippen molar-refractivity contribution in [3.05, 3.63) is 68.6 Å². The number of benzene rings is 2. The van der Waals surface area contributed by atoms with Crippen molar-refractivity contribution in [2.45, 2.75) is 11.8 Å². The van der Waals surface area contributed by atoms with Crippen LogP contribution in [-0.2, 0) is 9.59 Å². The van der Waals surface area contributed by atoms with Crippen molar-refractivity contribution in [1.82, 2.24) is 0 Å². The Labute approximate surface area is 144 Å². The summed E-state index contributed by atoms with van der Waals surface area (Å²) in [5.41, 5.74) is 0.900. The van der Waals surface area contributed by atoms with Crippen LogP contribution >= 0.6 is 31.9 Å². The van der Waals surface area contributed by atoms with E-state index in [1.807, 2.05) is 0 Å². The summed E-state index contributed by atoms with van der Waals surface area (Å²) >= 11 is 6.56. The smallest absolute Gasteiger partial charge is 0.312 e. The van der Waals surface area contributed by atoms with Crippen molar-refractivity contribution in [2.24, 2.45) is 0 Å². The minimum atomic E-state index is -1.17. The molecule has 0 radical (unpaired) electrons. The lowest BCUT2D eigenvalue weighted by molar-refractivity contribution is -0.147. The maximum atomic E-state index is 11.7. The standard InChI is InChI=1S/C16H12Br2O4/c17-11-5-1-9(2-6-11)13(15(19)20)14(16(21)22)10-3-7-12(18)8-4-10/h1-8,13-14H,(H,19,20)(H,21,22). The molecular weight excluding hydrogens is 416 g/mol. The Hall–Kier alpha value is -1.66. The zero-order chi connectivity index (χ0) is 16.3. The Morgan fingerprint density at radius 2 is 0.955 bits per heavy atom. The first-order chi connectivity index (χ1) is 10.4. The third kappa shape index (κ3) is 3.75. The van der Waals surface area contributed by atoms with Gasteiger partial charge in [0, 0.05) is 8.95 Å². The van der Waals surface area contributed by atoms with Gasteiger partial charge < -0.3 is 10.2 Å². The second kappa shape index (κ2) is 7.07. The van der Waals surface area contributed by atoms with Crippen molar-refractivity contribution in [3.8, 4) is 0 Å². The summed E-state index contributed by atoms with van der Waals surface area (Å²) in [6, 6.07) is 13.3. The number of halogens is 2. The van der Waals surface area contributed by atoms with E-state index in [4.69, 9.17) is 0 Å². The summed E-state index contributed by atoms with van der Waals surface area (Å²) in [6.07, 6.45) is 0. The molecule has 0 bridgehead atoms. The number of carbonyl (C=O) groups is 2. The first-order valence-electron chi connectivity index (χ1n) is 6.36. The molecule has 0 saturated carbocycles. The number of rotatable bonds is 5. The molecule has 22 heavy (non-hydrogen) atoms. The van der Waals surface area contributed by atoms with Gasteiger partial charge in [-0.2, -0.15) is 0 Å². The number of hydrogen-bond acceptors (Lipinski definition) is 2. The van der Waals surface area contributed by atoms with Crippen molar-refractivity contribution in [2.75, 3.05) is 0 Å². The fraction of sp³-hybridized carbons (Fsp3) is 0.125. The lowest BCUT2D eigenvalue weighted by Gasteiger charge is -2.21. The number of carboxylic acids is 2. The van der Waals surface area contributed by atoms with E-state index in [9.17, 15) is 19.8 Å². The average molecular weight is 428 g/mol. The van der Waals surface area contributed by atoms with Crippen LogP contribution in [0.5, 0.6) is 0 Å². The van der Waals surface area contributed by atoms with Gasteiger partial charge in [0.15, 0.2) is 0 Å². The minimum Gasteiger partial charge on any atom is -0.481 e. The van der Waals surface area contributed by atoms with Crippen molar-refractivity contribution < 1.29 is 19.8 Å². The van der Waals surface area contributed by atoms with Gasteiger partial charge in [0.05, 0.1) is 11.8 Å². The van der Waals surface area contributed by atoms with Crippen LogP contribution in [0.15, 0.2) is 57.5 Å². The van der Waals surface area contributed by atoms with Crippen LogP contribution in [0.25, 0.3) is 0 Å². The Morgan fingerprint density at radius 1 is 0.682 bits per heavy atom. The minimum absolute atomic E-state index is 0.450. The van der Waals surface area contributed by atoms with Crippen molar-refractivity contribution in [3.63, 3.8) is 0 Å². The molecule has 2 aromatic rings. The van der Waals surface area contributed by atoms with Crippen LogP contribution in [0.4, 0.5) is 0 Å². The zero-order valence-corrected chi connectivity index (χ0v) is 14.4. The third-order valence-electron chi connectivity index (χ3n) is 3.32. The summed E-state index contributed by atoms with van der Waals surface area (Å²) in [7, 11) is 0. The molecule has 2 aromatic carbocycles. The monoisotopic (exact) mass is 426 g/mol. The van der Waals surface area contributed by atoms with E-state index in [2.05, 4.69) is 31.9 Å². The summed E-state index contributed by atoms with van der Waals surface area (Å²) in [6.45, 7) is 0. The highest BCUT2D eigenvalue weighted by Gasteiger charge is 2.36. The SMILES string of the molecule is O=C(O)C(c1ccc(Br)cc1)C(C(=O)O)c1ccc(Br)cc1. The predicted octanol–water partition coefficient (Wildman–Crippen LogP) is 4.25. The van der Waals surface area contributed by atoms with E-state index in [-0.39, 0.29) is 0 Å². The summed E-state index contributed by atoms with van der Waals surface area (Å²) < 4.78 is 1.60. The topological polar surface area (TPSA) is 74.6 Å². The molecule has 2 N–H and O–H groups in total. The Kier molecular flexibility index (Phi) is 5.37. The Morgan fingerprint density at radius 3 is 1.18 bits per heavy atom. The van der Waals surface area contributed by atoms with Gasteiger partial charge in [-0.15, -0.1) is 0 Å². The Balaban J connectivity index is 2.51. The van der Waals surface area contributed by atoms with Crippen LogP contribution in [0.3, 0.4) is 0 Å². The summed E-state index contributed by atoms with van der Waals surface area (Å²) in [4.78, 5) is 23.4. The lowest BCUT2D eigenvalue weighted by Crippen LogP contribution is -2.26. The highest BCUT2D eigenvalue weighted by Crippen LogP contribution is 2.34. The molecule has 114 valence electrons. The fourth-order valence-electron chi connectivity index (χ4n) is 2.30. The number of carboxylic acid groups (broad SMARTS) is 2. The van der Waals surface area contributed by atoms with Crippen LogP contribution in [0.1, 0.15) is 23.0 Å². The molecule has 0 fully saturated rings. The molecular formula is C16H12Br2O4. The van der Waals surface area contributed by atoms with E-state index in [1.165, 1.54) is 0 Å². The van der Waals surface area contributed by atoms with Crippen LogP contribution in [-0.4, -0.2) is 22.2 Å². The summed E-state index contributed by atoms with van der Waals surface area (Å²) in [5.74, 6) is -4.66. The maximum Gasteiger partial charge on any atom is 0.312 e. The second-order valence-electron chi connectivity index (χ2n) is 4.73. The van der Waals surface area contributed by atoms with E-state index < -0.39 is 23.8 Å². The second-order valence-corrected chi connectivity index (χ2v) is 6.57. The van der Waals surface area contributed by atoms with Crippen LogP contribution in [0, 0.1) is 0 Å². The van der Waals surface area contributed by atoms with Crippen LogP contribution < -0.4 is 0 Å². The fourth-order valence-corrected chi connectivity index (χ4v) is 2.82. The molecule has 2 atom stereocenters. The van der Waals surface area contributed by atoms with E-state index in [0.29, 0.717) is 11.1 Å². The van der Waals surface area contributed by atoms with Gasteiger partial charge in [0.25, 0.3) is 0 Å². The van der Waals surface area contributed by atoms with Gasteiger partial charge >= 0.3 is 11.9 Å². The van der Waals surface area contributed by atoms with Crippen molar-refractivity contribution in [1.29, 1.82) is 0 Å². The van der Waals surface area contributed by atoms with Gasteiger partial charge in [0.1, 0.15) is 0 Å². The normalized spacial score (nSPS) is 13.4. The molecule has 0 spiro atoms. The molecule has 0 aromatic heterocycles. The summed E-state index contributed by atoms with van der Waals surface area (Å²) in [5, 5.41) is 19.1. The first-order valence-corrected chi connectivity index (χ1v) is 7.95. The molecule has 0 aliphatic rings. The van der Waals surface area contributed by atoms with Gasteiger partial charge in [-0.25, -0.2) is 0 Å². The van der Waals surface area contributed by atoms with Gasteiger partial charge in [0.2, 0.25) is 0 Å². The van der Waals surface area contributed by atoms with Crippen molar-refractivity contribution >= 4 is 43.8 Å². The predicted molar refractivity (Wildman–Crippen MR) is 89.0 cm³/mol. The quantitative estimate of drug-likeness (QED) is 0.747. The molecule has 0 amide bonds.